The van der Waals surface area contributed by atoms with E-state index in [4.69, 9.17) is 4.74 Å². The molecule has 0 radical (unpaired) electrons. The molecule has 2 atom stereocenters. The monoisotopic (exact) mass is 434 g/mol. The topological polar surface area (TPSA) is 124 Å². The lowest BCUT2D eigenvalue weighted by atomic mass is 9.85. The summed E-state index contributed by atoms with van der Waals surface area (Å²) in [5.41, 5.74) is -0.443. The normalized spacial score (nSPS) is 19.6. The van der Waals surface area contributed by atoms with Crippen LogP contribution in [0.3, 0.4) is 0 Å². The van der Waals surface area contributed by atoms with Crippen LogP contribution in [0.2, 0.25) is 0 Å². The third kappa shape index (κ3) is 3.80. The van der Waals surface area contributed by atoms with Crippen molar-refractivity contribution in [3.8, 4) is 0 Å². The number of carbonyl (C=O) groups excluding carboxylic acids is 4. The number of anilines is 1. The van der Waals surface area contributed by atoms with Crippen LogP contribution in [0.5, 0.6) is 0 Å². The van der Waals surface area contributed by atoms with Gasteiger partial charge in [-0.25, -0.2) is 9.69 Å². The van der Waals surface area contributed by atoms with E-state index >= 15 is 0 Å². The number of fused-ring (bicyclic) bond motifs is 1. The fraction of sp³-hybridized carbons (Fsp3) is 0.217. The average Bonchev–Trinajstić information content (AvgIpc) is 3.07. The Morgan fingerprint density at radius 3 is 2.22 bits per heavy atom. The summed E-state index contributed by atoms with van der Waals surface area (Å²) in [5.74, 6) is -3.58. The number of carbonyl (C=O) groups is 4. The number of nitrogens with zero attached hydrogens (tertiary/aromatic N) is 2. The molecule has 2 aromatic carbocycles. The molecule has 0 aromatic heterocycles. The number of ketones is 1. The molecule has 0 spiro atoms. The highest BCUT2D eigenvalue weighted by Gasteiger charge is 2.49. The van der Waals surface area contributed by atoms with Gasteiger partial charge in [-0.3, -0.25) is 24.5 Å². The number of benzene rings is 2. The number of nitro groups is 1. The van der Waals surface area contributed by atoms with E-state index in [1.165, 1.54) is 0 Å². The van der Waals surface area contributed by atoms with Crippen molar-refractivity contribution < 1.29 is 28.8 Å². The van der Waals surface area contributed by atoms with E-state index in [0.717, 1.165) is 23.1 Å². The summed E-state index contributed by atoms with van der Waals surface area (Å²) < 4.78 is 5.11. The lowest BCUT2D eigenvalue weighted by Crippen LogP contribution is -2.32. The molecule has 9 heteroatoms. The van der Waals surface area contributed by atoms with Gasteiger partial charge in [0.2, 0.25) is 11.8 Å². The number of amides is 2. The summed E-state index contributed by atoms with van der Waals surface area (Å²) in [6.07, 6.45) is 4.39. The Morgan fingerprint density at radius 1 is 1.00 bits per heavy atom. The number of non-ortho nitro benzene ring substituents is 1. The number of ether oxygens (including phenoxy) is 1. The van der Waals surface area contributed by atoms with Crippen molar-refractivity contribution in [3.05, 3.63) is 81.9 Å². The minimum Gasteiger partial charge on any atom is -0.454 e. The summed E-state index contributed by atoms with van der Waals surface area (Å²) in [6, 6.07) is 11.4. The molecule has 9 nitrogen and oxygen atoms in total. The molecule has 2 aromatic rings. The van der Waals surface area contributed by atoms with Crippen LogP contribution >= 0.6 is 0 Å². The van der Waals surface area contributed by atoms with Gasteiger partial charge in [-0.2, -0.15) is 0 Å². The predicted molar refractivity (Wildman–Crippen MR) is 112 cm³/mol. The number of nitro benzene ring substituents is 1. The number of imide groups is 1. The van der Waals surface area contributed by atoms with Crippen LogP contribution in [0.15, 0.2) is 60.7 Å². The smallest absolute Gasteiger partial charge is 0.340 e. The van der Waals surface area contributed by atoms with Gasteiger partial charge in [0, 0.05) is 17.7 Å². The fourth-order valence-electron chi connectivity index (χ4n) is 3.95. The lowest BCUT2D eigenvalue weighted by molar-refractivity contribution is -0.384. The van der Waals surface area contributed by atoms with Crippen molar-refractivity contribution >= 4 is 34.9 Å². The SMILES string of the molecule is O=C(COC(=O)c1ccc([N+](=O)[O-])cc1N1C(=O)[C@H]2CC=CC[C@@H]2C1=O)c1ccccc1. The second-order valence-electron chi connectivity index (χ2n) is 7.49. The van der Waals surface area contributed by atoms with E-state index in [1.54, 1.807) is 30.3 Å². The first kappa shape index (κ1) is 21.1. The molecule has 0 N–H and O–H groups in total. The lowest BCUT2D eigenvalue weighted by Gasteiger charge is -2.18. The van der Waals surface area contributed by atoms with E-state index in [9.17, 15) is 29.3 Å². The molecule has 0 unspecified atom stereocenters. The first-order valence-corrected chi connectivity index (χ1v) is 9.95. The van der Waals surface area contributed by atoms with Gasteiger partial charge in [-0.1, -0.05) is 42.5 Å². The predicted octanol–water partition coefficient (Wildman–Crippen LogP) is 3.09. The van der Waals surface area contributed by atoms with Gasteiger partial charge in [-0.05, 0) is 18.9 Å². The highest BCUT2D eigenvalue weighted by molar-refractivity contribution is 6.24. The molecule has 1 fully saturated rings. The van der Waals surface area contributed by atoms with E-state index in [0.29, 0.717) is 18.4 Å². The van der Waals surface area contributed by atoms with Crippen molar-refractivity contribution in [2.75, 3.05) is 11.5 Å². The van der Waals surface area contributed by atoms with Gasteiger partial charge in [0.25, 0.3) is 5.69 Å². The molecule has 32 heavy (non-hydrogen) atoms. The standard InChI is InChI=1S/C23H18N2O7/c26-20(14-6-2-1-3-7-14)13-32-23(29)18-11-10-15(25(30)31)12-19(18)24-21(27)16-8-4-5-9-17(16)22(24)28/h1-7,10-12,16-17H,8-9,13H2/t16-,17-/m0/s1. The van der Waals surface area contributed by atoms with Crippen LogP contribution in [0.25, 0.3) is 0 Å². The first-order valence-electron chi connectivity index (χ1n) is 9.95. The summed E-state index contributed by atoms with van der Waals surface area (Å²) >= 11 is 0. The second-order valence-corrected chi connectivity index (χ2v) is 7.49. The average molecular weight is 434 g/mol. The van der Waals surface area contributed by atoms with E-state index in [1.807, 2.05) is 12.2 Å². The Balaban J connectivity index is 1.63. The largest absolute Gasteiger partial charge is 0.454 e. The Kier molecular flexibility index (Phi) is 5.63. The Hall–Kier alpha value is -4.14. The fourth-order valence-corrected chi connectivity index (χ4v) is 3.95. The zero-order valence-corrected chi connectivity index (χ0v) is 16.8. The van der Waals surface area contributed by atoms with Crippen molar-refractivity contribution in [1.82, 2.24) is 0 Å². The van der Waals surface area contributed by atoms with Crippen molar-refractivity contribution in [1.29, 1.82) is 0 Å². The molecule has 2 amide bonds. The van der Waals surface area contributed by atoms with Crippen molar-refractivity contribution in [2.24, 2.45) is 11.8 Å². The summed E-state index contributed by atoms with van der Waals surface area (Å²) in [7, 11) is 0. The van der Waals surface area contributed by atoms with E-state index < -0.39 is 46.9 Å². The quantitative estimate of drug-likeness (QED) is 0.171. The number of allylic oxidation sites excluding steroid dienone is 2. The van der Waals surface area contributed by atoms with Crippen molar-refractivity contribution in [2.45, 2.75) is 12.8 Å². The van der Waals surface area contributed by atoms with Gasteiger partial charge < -0.3 is 4.74 Å². The van der Waals surface area contributed by atoms with Crippen LogP contribution in [0, 0.1) is 22.0 Å². The maximum absolute atomic E-state index is 13.0. The number of Topliss-reactive ketones (excluding diaryl/α,β-unsaturated/α-hetero) is 1. The molecule has 2 aliphatic rings. The van der Waals surface area contributed by atoms with Crippen LogP contribution in [-0.4, -0.2) is 35.1 Å². The second kappa shape index (κ2) is 8.54. The van der Waals surface area contributed by atoms with Gasteiger partial charge in [-0.15, -0.1) is 0 Å². The number of hydrogen-bond donors (Lipinski definition) is 0. The minimum atomic E-state index is -0.965. The Labute approximate surface area is 182 Å². The molecule has 1 saturated heterocycles. The third-order valence-electron chi connectivity index (χ3n) is 5.59. The highest BCUT2D eigenvalue weighted by atomic mass is 16.6. The Morgan fingerprint density at radius 2 is 1.62 bits per heavy atom. The molecule has 1 aliphatic carbocycles. The Bertz CT molecular complexity index is 1130. The zero-order chi connectivity index (χ0) is 22.8. The van der Waals surface area contributed by atoms with Crippen LogP contribution in [0.4, 0.5) is 11.4 Å². The molecular formula is C23H18N2O7. The van der Waals surface area contributed by atoms with Crippen LogP contribution in [-0.2, 0) is 14.3 Å². The minimum absolute atomic E-state index is 0.204. The summed E-state index contributed by atoms with van der Waals surface area (Å²) in [6.45, 7) is -0.559. The molecule has 0 saturated carbocycles. The van der Waals surface area contributed by atoms with Crippen molar-refractivity contribution in [3.63, 3.8) is 0 Å². The molecule has 0 bridgehead atoms. The van der Waals surface area contributed by atoms with Gasteiger partial charge in [0.1, 0.15) is 0 Å². The van der Waals surface area contributed by atoms with Crippen LogP contribution in [0.1, 0.15) is 33.6 Å². The molecule has 1 aliphatic heterocycles. The van der Waals surface area contributed by atoms with E-state index in [2.05, 4.69) is 0 Å². The number of hydrogen-bond acceptors (Lipinski definition) is 7. The number of rotatable bonds is 6. The zero-order valence-electron chi connectivity index (χ0n) is 16.8. The van der Waals surface area contributed by atoms with E-state index in [-0.39, 0.29) is 16.9 Å². The maximum atomic E-state index is 13.0. The maximum Gasteiger partial charge on any atom is 0.340 e. The molecule has 162 valence electrons. The molecular weight excluding hydrogens is 416 g/mol. The number of esters is 1. The third-order valence-corrected chi connectivity index (χ3v) is 5.59. The van der Waals surface area contributed by atoms with Gasteiger partial charge >= 0.3 is 5.97 Å². The molecule has 1 heterocycles. The first-order chi connectivity index (χ1) is 15.4. The summed E-state index contributed by atoms with van der Waals surface area (Å²) in [5, 5.41) is 11.3. The van der Waals surface area contributed by atoms with Crippen LogP contribution < -0.4 is 4.90 Å². The van der Waals surface area contributed by atoms with Gasteiger partial charge in [0.05, 0.1) is 28.0 Å². The van der Waals surface area contributed by atoms with Gasteiger partial charge in [0.15, 0.2) is 12.4 Å². The highest BCUT2D eigenvalue weighted by Crippen LogP contribution is 2.39. The molecule has 4 rings (SSSR count). The summed E-state index contributed by atoms with van der Waals surface area (Å²) in [4.78, 5) is 62.4.